The van der Waals surface area contributed by atoms with E-state index in [1.807, 2.05) is 0 Å². The number of hydrogen-bond donors (Lipinski definition) is 2. The summed E-state index contributed by atoms with van der Waals surface area (Å²) in [6, 6.07) is -0.913. The Kier molecular flexibility index (Phi) is 6.29. The molecule has 5 atom stereocenters. The highest BCUT2D eigenvalue weighted by atomic mass is 16.7. The highest BCUT2D eigenvalue weighted by Gasteiger charge is 2.56. The van der Waals surface area contributed by atoms with Crippen LogP contribution in [-0.4, -0.2) is 65.8 Å². The number of hydrogen-bond acceptors (Lipinski definition) is 8. The monoisotopic (exact) mass is 439 g/mol. The molecule has 0 aromatic heterocycles. The largest absolute Gasteiger partial charge is 0.463 e. The van der Waals surface area contributed by atoms with Crippen LogP contribution in [0.3, 0.4) is 0 Å². The summed E-state index contributed by atoms with van der Waals surface area (Å²) >= 11 is 0. The smallest absolute Gasteiger partial charge is 0.303 e. The summed E-state index contributed by atoms with van der Waals surface area (Å²) in [4.78, 5) is 34.9. The van der Waals surface area contributed by atoms with Crippen LogP contribution in [0, 0.1) is 17.8 Å². The van der Waals surface area contributed by atoms with Gasteiger partial charge >= 0.3 is 11.9 Å². The minimum absolute atomic E-state index is 0.197. The first-order chi connectivity index (χ1) is 14.6. The van der Waals surface area contributed by atoms with Crippen LogP contribution in [0.5, 0.6) is 0 Å². The van der Waals surface area contributed by atoms with Gasteiger partial charge in [0, 0.05) is 20.8 Å². The summed E-state index contributed by atoms with van der Waals surface area (Å²) in [6.45, 7) is 3.64. The summed E-state index contributed by atoms with van der Waals surface area (Å²) in [5.41, 5.74) is -0.337. The zero-order valence-corrected chi connectivity index (χ0v) is 18.4. The van der Waals surface area contributed by atoms with Crippen molar-refractivity contribution < 1.29 is 38.4 Å². The third-order valence-corrected chi connectivity index (χ3v) is 7.14. The SMILES string of the molecule is CC(=O)N[C@@H]1[C@@H](OC23CC4CC(CC(C4)C2)C3)O[C@H](COC(C)=O)[C@@H](OC(C)=O)[C@@H]1O. The molecule has 9 nitrogen and oxygen atoms in total. The van der Waals surface area contributed by atoms with Crippen molar-refractivity contribution in [1.82, 2.24) is 5.32 Å². The van der Waals surface area contributed by atoms with E-state index in [0.29, 0.717) is 17.8 Å². The first-order valence-corrected chi connectivity index (χ1v) is 11.2. The molecule has 0 aromatic carbocycles. The van der Waals surface area contributed by atoms with E-state index in [9.17, 15) is 19.5 Å². The Morgan fingerprint density at radius 3 is 2.06 bits per heavy atom. The topological polar surface area (TPSA) is 120 Å². The lowest BCUT2D eigenvalue weighted by Crippen LogP contribution is -2.67. The van der Waals surface area contributed by atoms with E-state index in [0.717, 1.165) is 19.3 Å². The molecule has 9 heteroatoms. The predicted octanol–water partition coefficient (Wildman–Crippen LogP) is 1.06. The molecule has 2 N–H and O–H groups in total. The summed E-state index contributed by atoms with van der Waals surface area (Å²) < 4.78 is 23.1. The number of aliphatic hydroxyl groups excluding tert-OH is 1. The van der Waals surface area contributed by atoms with Crippen LogP contribution in [0.25, 0.3) is 0 Å². The molecule has 0 spiro atoms. The van der Waals surface area contributed by atoms with Crippen molar-refractivity contribution in [3.8, 4) is 0 Å². The van der Waals surface area contributed by atoms with Gasteiger partial charge in [-0.2, -0.15) is 0 Å². The van der Waals surface area contributed by atoms with E-state index >= 15 is 0 Å². The van der Waals surface area contributed by atoms with E-state index in [4.69, 9.17) is 18.9 Å². The van der Waals surface area contributed by atoms with Crippen LogP contribution in [0.4, 0.5) is 0 Å². The number of aliphatic hydroxyl groups is 1. The van der Waals surface area contributed by atoms with Gasteiger partial charge in [0.25, 0.3) is 0 Å². The van der Waals surface area contributed by atoms with Gasteiger partial charge in [-0.25, -0.2) is 0 Å². The Morgan fingerprint density at radius 1 is 1.00 bits per heavy atom. The number of ether oxygens (including phenoxy) is 4. The standard InChI is InChI=1S/C22H33NO8/c1-11(24)23-18-19(27)20(29-13(3)26)17(10-28-12(2)25)30-21(18)31-22-7-14-4-15(8-22)6-16(5-14)9-22/h14-21,27H,4-10H2,1-3H3,(H,23,24)/t14?,15?,16?,17-,18+,19-,20-,21-,22?/m1/s1. The third-order valence-electron chi connectivity index (χ3n) is 7.14. The molecule has 0 radical (unpaired) electrons. The molecule has 4 saturated carbocycles. The van der Waals surface area contributed by atoms with Crippen LogP contribution >= 0.6 is 0 Å². The molecule has 0 aromatic rings. The van der Waals surface area contributed by atoms with Gasteiger partial charge in [0.05, 0.1) is 5.60 Å². The summed E-state index contributed by atoms with van der Waals surface area (Å²) in [5, 5.41) is 13.8. The number of carbonyl (C=O) groups is 3. The van der Waals surface area contributed by atoms with E-state index < -0.39 is 42.6 Å². The van der Waals surface area contributed by atoms with Crippen molar-refractivity contribution in [2.24, 2.45) is 17.8 Å². The molecular weight excluding hydrogens is 406 g/mol. The van der Waals surface area contributed by atoms with Gasteiger partial charge in [0.2, 0.25) is 5.91 Å². The number of rotatable bonds is 6. The molecule has 5 fully saturated rings. The Labute approximate surface area is 182 Å². The Balaban J connectivity index is 1.57. The van der Waals surface area contributed by atoms with Gasteiger partial charge in [-0.1, -0.05) is 0 Å². The fourth-order valence-electron chi connectivity index (χ4n) is 6.50. The van der Waals surface area contributed by atoms with E-state index in [2.05, 4.69) is 5.32 Å². The second-order valence-corrected chi connectivity index (χ2v) is 9.85. The first-order valence-electron chi connectivity index (χ1n) is 11.2. The Morgan fingerprint density at radius 2 is 1.58 bits per heavy atom. The highest BCUT2D eigenvalue weighted by molar-refractivity contribution is 5.73. The van der Waals surface area contributed by atoms with Crippen molar-refractivity contribution >= 4 is 17.8 Å². The van der Waals surface area contributed by atoms with Crippen LogP contribution in [0.2, 0.25) is 0 Å². The number of nitrogens with one attached hydrogen (secondary N) is 1. The first kappa shape index (κ1) is 22.5. The second-order valence-electron chi connectivity index (χ2n) is 9.85. The molecule has 0 unspecified atom stereocenters. The lowest BCUT2D eigenvalue weighted by atomic mass is 9.54. The van der Waals surface area contributed by atoms with Crippen molar-refractivity contribution in [3.05, 3.63) is 0 Å². The molecule has 4 bridgehead atoms. The summed E-state index contributed by atoms with van der Waals surface area (Å²) in [6.07, 6.45) is 2.35. The van der Waals surface area contributed by atoms with Crippen molar-refractivity contribution in [1.29, 1.82) is 0 Å². The van der Waals surface area contributed by atoms with Crippen molar-refractivity contribution in [3.63, 3.8) is 0 Å². The van der Waals surface area contributed by atoms with Gasteiger partial charge in [-0.05, 0) is 56.3 Å². The summed E-state index contributed by atoms with van der Waals surface area (Å²) in [7, 11) is 0. The van der Waals surface area contributed by atoms with Gasteiger partial charge < -0.3 is 29.4 Å². The molecule has 1 saturated heterocycles. The fraction of sp³-hybridized carbons (Fsp3) is 0.864. The molecule has 4 aliphatic carbocycles. The molecule has 31 heavy (non-hydrogen) atoms. The molecule has 5 rings (SSSR count). The number of amides is 1. The maximum atomic E-state index is 11.9. The van der Waals surface area contributed by atoms with E-state index in [-0.39, 0.29) is 18.1 Å². The fourth-order valence-corrected chi connectivity index (χ4v) is 6.50. The second kappa shape index (κ2) is 8.67. The zero-order valence-electron chi connectivity index (χ0n) is 18.4. The zero-order chi connectivity index (χ0) is 22.3. The van der Waals surface area contributed by atoms with Crippen LogP contribution in [0.1, 0.15) is 59.3 Å². The normalized spacial score (nSPS) is 43.4. The van der Waals surface area contributed by atoms with Crippen molar-refractivity contribution in [2.75, 3.05) is 6.61 Å². The Bertz CT molecular complexity index is 687. The number of esters is 2. The van der Waals surface area contributed by atoms with Crippen LogP contribution in [0.15, 0.2) is 0 Å². The molecule has 5 aliphatic rings. The van der Waals surface area contributed by atoms with E-state index in [1.165, 1.54) is 40.0 Å². The molecule has 1 aliphatic heterocycles. The molecule has 1 amide bonds. The van der Waals surface area contributed by atoms with Crippen molar-refractivity contribution in [2.45, 2.75) is 95.5 Å². The lowest BCUT2D eigenvalue weighted by Gasteiger charge is -2.58. The lowest BCUT2D eigenvalue weighted by molar-refractivity contribution is -0.320. The van der Waals surface area contributed by atoms with Crippen LogP contribution < -0.4 is 5.32 Å². The minimum Gasteiger partial charge on any atom is -0.463 e. The minimum atomic E-state index is -1.28. The van der Waals surface area contributed by atoms with Gasteiger partial charge in [0.1, 0.15) is 24.9 Å². The summed E-state index contributed by atoms with van der Waals surface area (Å²) in [5.74, 6) is 0.454. The maximum Gasteiger partial charge on any atom is 0.303 e. The predicted molar refractivity (Wildman–Crippen MR) is 106 cm³/mol. The molecule has 174 valence electrons. The third kappa shape index (κ3) is 4.88. The molecule has 1 heterocycles. The average molecular weight is 440 g/mol. The quantitative estimate of drug-likeness (QED) is 0.590. The van der Waals surface area contributed by atoms with E-state index in [1.54, 1.807) is 0 Å². The van der Waals surface area contributed by atoms with Gasteiger partial charge in [0.15, 0.2) is 12.4 Å². The highest BCUT2D eigenvalue weighted by Crippen LogP contribution is 2.57. The maximum absolute atomic E-state index is 11.9. The number of carbonyl (C=O) groups excluding carboxylic acids is 3. The van der Waals surface area contributed by atoms with Crippen LogP contribution in [-0.2, 0) is 33.3 Å². The Hall–Kier alpha value is -1.71. The average Bonchev–Trinajstić information content (AvgIpc) is 2.63. The van der Waals surface area contributed by atoms with Gasteiger partial charge in [-0.3, -0.25) is 14.4 Å². The molecular formula is C22H33NO8. The van der Waals surface area contributed by atoms with Gasteiger partial charge in [-0.15, -0.1) is 0 Å².